The molecule has 1 aromatic rings. The van der Waals surface area contributed by atoms with E-state index in [0.717, 1.165) is 12.1 Å². The van der Waals surface area contributed by atoms with Crippen molar-refractivity contribution in [1.82, 2.24) is 10.2 Å². The minimum Gasteiger partial charge on any atom is -0.466 e. The minimum atomic E-state index is -1.05. The first-order chi connectivity index (χ1) is 10.9. The number of urea groups is 1. The van der Waals surface area contributed by atoms with E-state index in [2.05, 4.69) is 5.32 Å². The fraction of sp³-hybridized carbons (Fsp3) is 0.375. The molecular formula is C16H18F2N2O3. The van der Waals surface area contributed by atoms with Gasteiger partial charge in [0.15, 0.2) is 11.6 Å². The quantitative estimate of drug-likeness (QED) is 0.867. The average molecular weight is 324 g/mol. The molecule has 1 aromatic carbocycles. The molecule has 0 spiro atoms. The van der Waals surface area contributed by atoms with E-state index in [0.29, 0.717) is 18.7 Å². The molecule has 1 atom stereocenters. The molecule has 0 aromatic heterocycles. The summed E-state index contributed by atoms with van der Waals surface area (Å²) in [5, 5.41) is 2.65. The van der Waals surface area contributed by atoms with E-state index in [4.69, 9.17) is 4.74 Å². The van der Waals surface area contributed by atoms with Crippen molar-refractivity contribution < 1.29 is 23.1 Å². The van der Waals surface area contributed by atoms with Gasteiger partial charge in [-0.1, -0.05) is 13.0 Å². The van der Waals surface area contributed by atoms with Gasteiger partial charge in [0.05, 0.1) is 18.7 Å². The highest BCUT2D eigenvalue weighted by molar-refractivity contribution is 5.94. The number of carbonyl (C=O) groups is 2. The molecule has 0 saturated heterocycles. The van der Waals surface area contributed by atoms with Gasteiger partial charge in [0.1, 0.15) is 0 Å². The summed E-state index contributed by atoms with van der Waals surface area (Å²) < 4.78 is 31.4. The number of esters is 1. The monoisotopic (exact) mass is 324 g/mol. The summed E-state index contributed by atoms with van der Waals surface area (Å²) >= 11 is 0. The van der Waals surface area contributed by atoms with Crippen LogP contribution in [0.2, 0.25) is 0 Å². The Morgan fingerprint density at radius 2 is 2.04 bits per heavy atom. The van der Waals surface area contributed by atoms with Crippen molar-refractivity contribution in [2.45, 2.75) is 26.3 Å². The molecule has 124 valence electrons. The van der Waals surface area contributed by atoms with Crippen LogP contribution >= 0.6 is 0 Å². The third-order valence-corrected chi connectivity index (χ3v) is 3.73. The van der Waals surface area contributed by atoms with Crippen LogP contribution in [0.3, 0.4) is 0 Å². The second kappa shape index (κ2) is 6.76. The lowest BCUT2D eigenvalue weighted by molar-refractivity contribution is -0.136. The molecule has 0 saturated carbocycles. The zero-order valence-electron chi connectivity index (χ0n) is 13.2. The van der Waals surface area contributed by atoms with E-state index in [1.807, 2.05) is 6.92 Å². The molecule has 2 rings (SSSR count). The Hall–Kier alpha value is -2.44. The van der Waals surface area contributed by atoms with Gasteiger partial charge in [-0.2, -0.15) is 0 Å². The van der Waals surface area contributed by atoms with Crippen LogP contribution in [0.1, 0.15) is 31.9 Å². The lowest BCUT2D eigenvalue weighted by atomic mass is 9.94. The van der Waals surface area contributed by atoms with E-state index in [-0.39, 0.29) is 11.1 Å². The van der Waals surface area contributed by atoms with Crippen molar-refractivity contribution in [3.63, 3.8) is 0 Å². The van der Waals surface area contributed by atoms with Crippen molar-refractivity contribution in [2.24, 2.45) is 0 Å². The van der Waals surface area contributed by atoms with Gasteiger partial charge in [0.2, 0.25) is 0 Å². The second-order valence-corrected chi connectivity index (χ2v) is 5.20. The van der Waals surface area contributed by atoms with Gasteiger partial charge < -0.3 is 10.1 Å². The summed E-state index contributed by atoms with van der Waals surface area (Å²) in [4.78, 5) is 25.8. The number of nitrogens with zero attached hydrogens (tertiary/aromatic N) is 1. The Bertz CT molecular complexity index is 673. The number of hydrogen-bond donors (Lipinski definition) is 1. The van der Waals surface area contributed by atoms with Gasteiger partial charge in [-0.05, 0) is 31.0 Å². The molecule has 0 radical (unpaired) electrons. The Morgan fingerprint density at radius 1 is 1.35 bits per heavy atom. The zero-order chi connectivity index (χ0) is 17.1. The summed E-state index contributed by atoms with van der Waals surface area (Å²) in [6, 6.07) is 1.96. The molecule has 7 heteroatoms. The predicted molar refractivity (Wildman–Crippen MR) is 79.3 cm³/mol. The summed E-state index contributed by atoms with van der Waals surface area (Å²) in [6.45, 7) is 3.97. The molecule has 0 bridgehead atoms. The number of methoxy groups -OCH3 is 1. The molecule has 1 aliphatic rings. The fourth-order valence-corrected chi connectivity index (χ4v) is 2.59. The molecule has 23 heavy (non-hydrogen) atoms. The lowest BCUT2D eigenvalue weighted by Crippen LogP contribution is -2.48. The van der Waals surface area contributed by atoms with Gasteiger partial charge in [-0.15, -0.1) is 0 Å². The first-order valence-corrected chi connectivity index (χ1v) is 7.22. The second-order valence-electron chi connectivity index (χ2n) is 5.20. The topological polar surface area (TPSA) is 58.6 Å². The number of carbonyl (C=O) groups excluding carboxylic acids is 2. The summed E-state index contributed by atoms with van der Waals surface area (Å²) in [5.74, 6) is -2.67. The number of benzene rings is 1. The highest BCUT2D eigenvalue weighted by Crippen LogP contribution is 2.31. The Morgan fingerprint density at radius 3 is 2.61 bits per heavy atom. The number of amides is 2. The molecule has 2 amide bonds. The first kappa shape index (κ1) is 16.9. The molecule has 1 aliphatic heterocycles. The maximum absolute atomic E-state index is 13.5. The summed E-state index contributed by atoms with van der Waals surface area (Å²) in [5.41, 5.74) is 0.914. The zero-order valence-corrected chi connectivity index (χ0v) is 13.2. The lowest BCUT2D eigenvalue weighted by Gasteiger charge is -2.35. The molecule has 5 nitrogen and oxygen atoms in total. The third kappa shape index (κ3) is 3.18. The van der Waals surface area contributed by atoms with Crippen LogP contribution in [0.4, 0.5) is 13.6 Å². The maximum atomic E-state index is 13.5. The molecule has 1 heterocycles. The first-order valence-electron chi connectivity index (χ1n) is 7.22. The number of hydrogen-bond acceptors (Lipinski definition) is 3. The van der Waals surface area contributed by atoms with Crippen LogP contribution in [0, 0.1) is 11.6 Å². The van der Waals surface area contributed by atoms with E-state index in [1.54, 1.807) is 6.92 Å². The van der Waals surface area contributed by atoms with Gasteiger partial charge in [0, 0.05) is 12.2 Å². The van der Waals surface area contributed by atoms with Crippen molar-refractivity contribution in [2.75, 3.05) is 13.7 Å². The van der Waals surface area contributed by atoms with E-state index < -0.39 is 29.7 Å². The molecule has 0 fully saturated rings. The number of halogens is 2. The maximum Gasteiger partial charge on any atom is 0.337 e. The highest BCUT2D eigenvalue weighted by Gasteiger charge is 2.36. The van der Waals surface area contributed by atoms with Gasteiger partial charge in [-0.25, -0.2) is 18.4 Å². The van der Waals surface area contributed by atoms with Gasteiger partial charge >= 0.3 is 12.0 Å². The standard InChI is InChI=1S/C16H18F2N2O3/c1-4-7-20-9(2)13(15(21)23-3)14(19-16(20)22)10-5-6-11(17)12(18)8-10/h5-6,8,14H,4,7H2,1-3H3,(H,19,22)/t14-/m0/s1. The van der Waals surface area contributed by atoms with Crippen molar-refractivity contribution >= 4 is 12.0 Å². The van der Waals surface area contributed by atoms with E-state index in [9.17, 15) is 18.4 Å². The van der Waals surface area contributed by atoms with Crippen LogP contribution < -0.4 is 5.32 Å². The van der Waals surface area contributed by atoms with Crippen LogP contribution in [-0.4, -0.2) is 30.6 Å². The summed E-state index contributed by atoms with van der Waals surface area (Å²) in [7, 11) is 1.23. The third-order valence-electron chi connectivity index (χ3n) is 3.73. The number of rotatable bonds is 4. The predicted octanol–water partition coefficient (Wildman–Crippen LogP) is 2.89. The van der Waals surface area contributed by atoms with Gasteiger partial charge in [0.25, 0.3) is 0 Å². The number of allylic oxidation sites excluding steroid dienone is 1. The largest absolute Gasteiger partial charge is 0.466 e. The SMILES string of the molecule is CCCN1C(=O)N[C@@H](c2ccc(F)c(F)c2)C(C(=O)OC)=C1C. The molecular weight excluding hydrogens is 306 g/mol. The number of nitrogens with one attached hydrogen (secondary N) is 1. The Labute approximate surface area is 132 Å². The normalized spacial score (nSPS) is 18.0. The van der Waals surface area contributed by atoms with Crippen LogP contribution in [-0.2, 0) is 9.53 Å². The van der Waals surface area contributed by atoms with Gasteiger partial charge in [-0.3, -0.25) is 4.90 Å². The number of ether oxygens (including phenoxy) is 1. The molecule has 1 N–H and O–H groups in total. The van der Waals surface area contributed by atoms with Crippen LogP contribution in [0.5, 0.6) is 0 Å². The van der Waals surface area contributed by atoms with Crippen molar-refractivity contribution in [3.05, 3.63) is 46.7 Å². The van der Waals surface area contributed by atoms with Crippen molar-refractivity contribution in [1.29, 1.82) is 0 Å². The highest BCUT2D eigenvalue weighted by atomic mass is 19.2. The van der Waals surface area contributed by atoms with E-state index in [1.165, 1.54) is 18.1 Å². The van der Waals surface area contributed by atoms with Crippen molar-refractivity contribution in [3.8, 4) is 0 Å². The smallest absolute Gasteiger partial charge is 0.337 e. The van der Waals surface area contributed by atoms with Crippen LogP contribution in [0.25, 0.3) is 0 Å². The Balaban J connectivity index is 2.54. The van der Waals surface area contributed by atoms with E-state index >= 15 is 0 Å². The molecule has 0 aliphatic carbocycles. The molecule has 0 unspecified atom stereocenters. The minimum absolute atomic E-state index is 0.201. The Kier molecular flexibility index (Phi) is 4.98. The summed E-state index contributed by atoms with van der Waals surface area (Å²) in [6.07, 6.45) is 0.703. The average Bonchev–Trinajstić information content (AvgIpc) is 2.53. The van der Waals surface area contributed by atoms with Crippen LogP contribution in [0.15, 0.2) is 29.5 Å². The fourth-order valence-electron chi connectivity index (χ4n) is 2.59.